The molecule has 2 aromatic heterocycles. The monoisotopic (exact) mass is 344 g/mol. The number of benzene rings is 1. The summed E-state index contributed by atoms with van der Waals surface area (Å²) in [6.45, 7) is 4.79. The molecule has 1 aromatic carbocycles. The van der Waals surface area contributed by atoms with Crippen LogP contribution >= 0.6 is 15.9 Å². The molecule has 0 aliphatic heterocycles. The van der Waals surface area contributed by atoms with Crippen LogP contribution in [0.5, 0.6) is 0 Å². The molecule has 0 radical (unpaired) electrons. The van der Waals surface area contributed by atoms with E-state index in [9.17, 15) is 0 Å². The molecule has 0 spiro atoms. The van der Waals surface area contributed by atoms with E-state index in [0.717, 1.165) is 34.0 Å². The lowest BCUT2D eigenvalue weighted by Gasteiger charge is -2.18. The summed E-state index contributed by atoms with van der Waals surface area (Å²) in [6.07, 6.45) is 0. The molecule has 0 bridgehead atoms. The van der Waals surface area contributed by atoms with Gasteiger partial charge in [0.2, 0.25) is 5.78 Å². The molecule has 3 aromatic rings. The van der Waals surface area contributed by atoms with Gasteiger partial charge >= 0.3 is 0 Å². The lowest BCUT2D eigenvalue weighted by molar-refractivity contribution is 0.887. The first-order chi connectivity index (χ1) is 10.1. The van der Waals surface area contributed by atoms with Gasteiger partial charge in [0.1, 0.15) is 4.60 Å². The number of fused-ring (bicyclic) bond motifs is 1. The summed E-state index contributed by atoms with van der Waals surface area (Å²) < 4.78 is 3.02. The number of halogens is 1. The predicted octanol–water partition coefficient (Wildman–Crippen LogP) is 3.75. The first-order valence-electron chi connectivity index (χ1n) is 6.83. The predicted molar refractivity (Wildman–Crippen MR) is 88.7 cm³/mol. The second kappa shape index (κ2) is 5.48. The van der Waals surface area contributed by atoms with Gasteiger partial charge in [-0.1, -0.05) is 18.2 Å². The number of nitrogens with zero attached hydrogens (tertiary/aromatic N) is 4. The molecular formula is C16H17BrN4. The summed E-state index contributed by atoms with van der Waals surface area (Å²) in [5.41, 5.74) is 4.27. The summed E-state index contributed by atoms with van der Waals surface area (Å²) in [6, 6.07) is 12.4. The van der Waals surface area contributed by atoms with E-state index >= 15 is 0 Å². The molecule has 0 N–H and O–H groups in total. The topological polar surface area (TPSA) is 33.4 Å². The number of para-hydroxylation sites is 1. The highest BCUT2D eigenvalue weighted by Crippen LogP contribution is 2.23. The van der Waals surface area contributed by atoms with E-state index in [-0.39, 0.29) is 0 Å². The second-order valence-corrected chi connectivity index (χ2v) is 5.97. The fraction of sp³-hybridized carbons (Fsp3) is 0.250. The van der Waals surface area contributed by atoms with Gasteiger partial charge < -0.3 is 4.90 Å². The fourth-order valence-corrected chi connectivity index (χ4v) is 3.13. The van der Waals surface area contributed by atoms with Crippen molar-refractivity contribution < 1.29 is 0 Å². The highest BCUT2D eigenvalue weighted by molar-refractivity contribution is 9.10. The standard InChI is InChI=1S/C16H17BrN4/c1-11-9-12(2)21-15(17)14(19-16(21)18-11)10-20(3)13-7-5-4-6-8-13/h4-9H,10H2,1-3H3. The molecule has 108 valence electrons. The molecule has 0 fully saturated rings. The van der Waals surface area contributed by atoms with Gasteiger partial charge in [-0.05, 0) is 48.0 Å². The molecule has 5 heteroatoms. The average molecular weight is 345 g/mol. The minimum atomic E-state index is 0.729. The van der Waals surface area contributed by atoms with Crippen molar-refractivity contribution in [2.24, 2.45) is 0 Å². The molecule has 0 amide bonds. The van der Waals surface area contributed by atoms with Crippen LogP contribution in [0.4, 0.5) is 5.69 Å². The van der Waals surface area contributed by atoms with Crippen LogP contribution in [-0.2, 0) is 6.54 Å². The Morgan fingerprint density at radius 2 is 1.86 bits per heavy atom. The maximum Gasteiger partial charge on any atom is 0.235 e. The van der Waals surface area contributed by atoms with Gasteiger partial charge in [-0.3, -0.25) is 4.40 Å². The van der Waals surface area contributed by atoms with Crippen molar-refractivity contribution >= 4 is 27.4 Å². The van der Waals surface area contributed by atoms with Crippen LogP contribution in [-0.4, -0.2) is 21.4 Å². The van der Waals surface area contributed by atoms with Crippen molar-refractivity contribution in [2.45, 2.75) is 20.4 Å². The van der Waals surface area contributed by atoms with Gasteiger partial charge in [0.15, 0.2) is 0 Å². The second-order valence-electron chi connectivity index (χ2n) is 5.22. The third-order valence-electron chi connectivity index (χ3n) is 3.50. The minimum absolute atomic E-state index is 0.729. The summed E-state index contributed by atoms with van der Waals surface area (Å²) >= 11 is 3.66. The Bertz CT molecular complexity index is 780. The zero-order valence-electron chi connectivity index (χ0n) is 12.3. The molecule has 0 aliphatic rings. The Morgan fingerprint density at radius 1 is 1.14 bits per heavy atom. The van der Waals surface area contributed by atoms with E-state index in [4.69, 9.17) is 0 Å². The van der Waals surface area contributed by atoms with Crippen molar-refractivity contribution in [3.63, 3.8) is 0 Å². The maximum atomic E-state index is 4.66. The van der Waals surface area contributed by atoms with E-state index in [2.05, 4.69) is 63.0 Å². The van der Waals surface area contributed by atoms with Crippen molar-refractivity contribution in [1.29, 1.82) is 0 Å². The Morgan fingerprint density at radius 3 is 2.57 bits per heavy atom. The smallest absolute Gasteiger partial charge is 0.235 e. The number of aryl methyl sites for hydroxylation is 2. The quantitative estimate of drug-likeness (QED) is 0.725. The summed E-state index contributed by atoms with van der Waals surface area (Å²) in [5, 5.41) is 0. The summed E-state index contributed by atoms with van der Waals surface area (Å²) in [7, 11) is 2.07. The Kier molecular flexibility index (Phi) is 3.68. The Labute approximate surface area is 132 Å². The van der Waals surface area contributed by atoms with E-state index < -0.39 is 0 Å². The molecule has 0 unspecified atom stereocenters. The van der Waals surface area contributed by atoms with Crippen molar-refractivity contribution in [2.75, 3.05) is 11.9 Å². The van der Waals surface area contributed by atoms with E-state index in [1.807, 2.05) is 29.5 Å². The van der Waals surface area contributed by atoms with Crippen molar-refractivity contribution in [3.8, 4) is 0 Å². The lowest BCUT2D eigenvalue weighted by atomic mass is 10.3. The fourth-order valence-electron chi connectivity index (χ4n) is 2.48. The zero-order valence-corrected chi connectivity index (χ0v) is 13.9. The van der Waals surface area contributed by atoms with Gasteiger partial charge in [-0.15, -0.1) is 0 Å². The summed E-state index contributed by atoms with van der Waals surface area (Å²) in [4.78, 5) is 11.3. The third kappa shape index (κ3) is 2.65. The van der Waals surface area contributed by atoms with Crippen LogP contribution in [0, 0.1) is 13.8 Å². The molecule has 0 atom stereocenters. The van der Waals surface area contributed by atoms with Crippen LogP contribution in [0.15, 0.2) is 41.0 Å². The molecule has 0 saturated heterocycles. The van der Waals surface area contributed by atoms with Gasteiger partial charge in [0.05, 0.1) is 12.2 Å². The van der Waals surface area contributed by atoms with Crippen molar-refractivity contribution in [1.82, 2.24) is 14.4 Å². The SMILES string of the molecule is Cc1cc(C)n2c(Br)c(CN(C)c3ccccc3)nc2n1. The Hall–Kier alpha value is -1.88. The van der Waals surface area contributed by atoms with E-state index in [1.165, 1.54) is 5.69 Å². The van der Waals surface area contributed by atoms with Crippen LogP contribution in [0.1, 0.15) is 17.1 Å². The first-order valence-corrected chi connectivity index (χ1v) is 7.63. The summed E-state index contributed by atoms with van der Waals surface area (Å²) in [5.74, 6) is 0.746. The van der Waals surface area contributed by atoms with Crippen molar-refractivity contribution in [3.05, 3.63) is 58.1 Å². The Balaban J connectivity index is 1.98. The highest BCUT2D eigenvalue weighted by atomic mass is 79.9. The van der Waals surface area contributed by atoms with Crippen LogP contribution in [0.2, 0.25) is 0 Å². The van der Waals surface area contributed by atoms with E-state index in [1.54, 1.807) is 0 Å². The van der Waals surface area contributed by atoms with E-state index in [0.29, 0.717) is 0 Å². The first kappa shape index (κ1) is 14.1. The lowest BCUT2D eigenvalue weighted by Crippen LogP contribution is -2.16. The number of rotatable bonds is 3. The normalized spacial score (nSPS) is 11.0. The number of hydrogen-bond acceptors (Lipinski definition) is 3. The molecule has 0 saturated carbocycles. The third-order valence-corrected chi connectivity index (χ3v) is 4.31. The zero-order chi connectivity index (χ0) is 15.0. The number of hydrogen-bond donors (Lipinski definition) is 0. The van der Waals surface area contributed by atoms with Gasteiger partial charge in [0, 0.05) is 24.1 Å². The minimum Gasteiger partial charge on any atom is -0.369 e. The molecule has 4 nitrogen and oxygen atoms in total. The molecule has 21 heavy (non-hydrogen) atoms. The van der Waals surface area contributed by atoms with Crippen LogP contribution < -0.4 is 4.90 Å². The van der Waals surface area contributed by atoms with Gasteiger partial charge in [0.25, 0.3) is 0 Å². The van der Waals surface area contributed by atoms with Gasteiger partial charge in [-0.2, -0.15) is 0 Å². The number of aromatic nitrogens is 3. The molecule has 0 aliphatic carbocycles. The van der Waals surface area contributed by atoms with Crippen LogP contribution in [0.25, 0.3) is 5.78 Å². The molecule has 3 rings (SSSR count). The number of anilines is 1. The van der Waals surface area contributed by atoms with Gasteiger partial charge in [-0.25, -0.2) is 9.97 Å². The molecular weight excluding hydrogens is 328 g/mol. The van der Waals surface area contributed by atoms with Crippen LogP contribution in [0.3, 0.4) is 0 Å². The molecule has 2 heterocycles. The largest absolute Gasteiger partial charge is 0.369 e. The average Bonchev–Trinajstić information content (AvgIpc) is 2.76. The number of imidazole rings is 1. The highest BCUT2D eigenvalue weighted by Gasteiger charge is 2.14. The maximum absolute atomic E-state index is 4.66.